The van der Waals surface area contributed by atoms with E-state index in [1.807, 2.05) is 12.1 Å². The van der Waals surface area contributed by atoms with Crippen LogP contribution >= 0.6 is 11.6 Å². The Morgan fingerprint density at radius 2 is 2.00 bits per heavy atom. The highest BCUT2D eigenvalue weighted by Crippen LogP contribution is 2.14. The van der Waals surface area contributed by atoms with E-state index in [0.29, 0.717) is 10.7 Å². The number of anilines is 1. The van der Waals surface area contributed by atoms with E-state index >= 15 is 0 Å². The summed E-state index contributed by atoms with van der Waals surface area (Å²) < 4.78 is 0. The van der Waals surface area contributed by atoms with Crippen molar-refractivity contribution in [3.63, 3.8) is 0 Å². The molecule has 0 spiro atoms. The van der Waals surface area contributed by atoms with E-state index in [0.717, 1.165) is 5.56 Å². The maximum absolute atomic E-state index is 11.6. The number of hydrogen-bond donors (Lipinski definition) is 1. The molecule has 0 aliphatic rings. The maximum atomic E-state index is 11.6. The molecule has 1 heterocycles. The largest absolute Gasteiger partial charge is 0.322 e. The van der Waals surface area contributed by atoms with Gasteiger partial charge in [-0.3, -0.25) is 9.78 Å². The molecule has 2 aromatic rings. The molecule has 18 heavy (non-hydrogen) atoms. The molecule has 4 heteroatoms. The van der Waals surface area contributed by atoms with Crippen molar-refractivity contribution in [2.24, 2.45) is 0 Å². The smallest absolute Gasteiger partial charge is 0.248 e. The third kappa shape index (κ3) is 3.71. The van der Waals surface area contributed by atoms with Gasteiger partial charge in [0.15, 0.2) is 0 Å². The van der Waals surface area contributed by atoms with Gasteiger partial charge in [0.1, 0.15) is 0 Å². The second kappa shape index (κ2) is 5.98. The summed E-state index contributed by atoms with van der Waals surface area (Å²) in [5, 5.41) is 3.32. The standard InChI is InChI=1S/C14H11ClN2O/c15-12-2-1-3-13(10-12)17-14(18)5-4-11-6-8-16-9-7-11/h1-10H,(H,17,18)/b5-4+. The molecule has 0 bridgehead atoms. The van der Waals surface area contributed by atoms with Crippen LogP contribution in [0.1, 0.15) is 5.56 Å². The summed E-state index contributed by atoms with van der Waals surface area (Å²) in [5.41, 5.74) is 1.60. The lowest BCUT2D eigenvalue weighted by molar-refractivity contribution is -0.111. The summed E-state index contributed by atoms with van der Waals surface area (Å²) in [6.45, 7) is 0. The van der Waals surface area contributed by atoms with E-state index in [-0.39, 0.29) is 5.91 Å². The number of carbonyl (C=O) groups is 1. The molecule has 0 atom stereocenters. The third-order valence-corrected chi connectivity index (χ3v) is 2.46. The number of nitrogens with zero attached hydrogens (tertiary/aromatic N) is 1. The van der Waals surface area contributed by atoms with Crippen LogP contribution in [-0.4, -0.2) is 10.9 Å². The second-order valence-electron chi connectivity index (χ2n) is 3.61. The SMILES string of the molecule is O=C(/C=C/c1ccncc1)Nc1cccc(Cl)c1. The first-order valence-electron chi connectivity index (χ1n) is 5.39. The number of amides is 1. The topological polar surface area (TPSA) is 42.0 Å². The molecular weight excluding hydrogens is 248 g/mol. The van der Waals surface area contributed by atoms with Crippen molar-refractivity contribution in [3.05, 3.63) is 65.5 Å². The van der Waals surface area contributed by atoms with Crippen LogP contribution in [0.4, 0.5) is 5.69 Å². The van der Waals surface area contributed by atoms with Crippen LogP contribution in [-0.2, 0) is 4.79 Å². The van der Waals surface area contributed by atoms with Crippen molar-refractivity contribution in [3.8, 4) is 0 Å². The number of rotatable bonds is 3. The van der Waals surface area contributed by atoms with Crippen molar-refractivity contribution in [1.29, 1.82) is 0 Å². The number of nitrogens with one attached hydrogen (secondary N) is 1. The predicted molar refractivity (Wildman–Crippen MR) is 73.4 cm³/mol. The highest BCUT2D eigenvalue weighted by atomic mass is 35.5. The molecule has 1 aromatic heterocycles. The van der Waals surface area contributed by atoms with Gasteiger partial charge in [-0.15, -0.1) is 0 Å². The molecule has 3 nitrogen and oxygen atoms in total. The lowest BCUT2D eigenvalue weighted by Gasteiger charge is -2.01. The van der Waals surface area contributed by atoms with Crippen LogP contribution in [0.2, 0.25) is 5.02 Å². The summed E-state index contributed by atoms with van der Waals surface area (Å²) in [4.78, 5) is 15.5. The summed E-state index contributed by atoms with van der Waals surface area (Å²) in [7, 11) is 0. The molecule has 1 amide bonds. The molecular formula is C14H11ClN2O. The first-order valence-corrected chi connectivity index (χ1v) is 5.76. The van der Waals surface area contributed by atoms with Crippen molar-refractivity contribution in [1.82, 2.24) is 4.98 Å². The van der Waals surface area contributed by atoms with Crippen LogP contribution < -0.4 is 5.32 Å². The highest BCUT2D eigenvalue weighted by molar-refractivity contribution is 6.30. The fourth-order valence-corrected chi connectivity index (χ4v) is 1.59. The number of pyridine rings is 1. The average Bonchev–Trinajstić information content (AvgIpc) is 2.38. The number of carbonyl (C=O) groups excluding carboxylic acids is 1. The van der Waals surface area contributed by atoms with Crippen molar-refractivity contribution in [2.75, 3.05) is 5.32 Å². The Morgan fingerprint density at radius 1 is 1.22 bits per heavy atom. The molecule has 0 radical (unpaired) electrons. The quantitative estimate of drug-likeness (QED) is 0.858. The second-order valence-corrected chi connectivity index (χ2v) is 4.05. The summed E-state index contributed by atoms with van der Waals surface area (Å²) in [6.07, 6.45) is 6.54. The zero-order chi connectivity index (χ0) is 12.8. The van der Waals surface area contributed by atoms with Crippen LogP contribution in [0, 0.1) is 0 Å². The maximum Gasteiger partial charge on any atom is 0.248 e. The van der Waals surface area contributed by atoms with Crippen LogP contribution in [0.25, 0.3) is 6.08 Å². The highest BCUT2D eigenvalue weighted by Gasteiger charge is 1.98. The Hall–Kier alpha value is -2.13. The molecule has 0 saturated heterocycles. The minimum atomic E-state index is -0.200. The van der Waals surface area contributed by atoms with Crippen molar-refractivity contribution >= 4 is 29.3 Å². The zero-order valence-corrected chi connectivity index (χ0v) is 10.3. The van der Waals surface area contributed by atoms with Crippen molar-refractivity contribution < 1.29 is 4.79 Å². The Balaban J connectivity index is 1.99. The fourth-order valence-electron chi connectivity index (χ4n) is 1.40. The number of benzene rings is 1. The molecule has 1 N–H and O–H groups in total. The van der Waals surface area contributed by atoms with Crippen molar-refractivity contribution in [2.45, 2.75) is 0 Å². The van der Waals surface area contributed by atoms with Crippen LogP contribution in [0.3, 0.4) is 0 Å². The zero-order valence-electron chi connectivity index (χ0n) is 9.51. The van der Waals surface area contributed by atoms with Crippen LogP contribution in [0.15, 0.2) is 54.9 Å². The molecule has 1 aromatic carbocycles. The van der Waals surface area contributed by atoms with Gasteiger partial charge >= 0.3 is 0 Å². The Kier molecular flexibility index (Phi) is 4.10. The minimum Gasteiger partial charge on any atom is -0.322 e. The van der Waals surface area contributed by atoms with E-state index in [9.17, 15) is 4.79 Å². The molecule has 0 saturated carbocycles. The van der Waals surface area contributed by atoms with Gasteiger partial charge in [-0.2, -0.15) is 0 Å². The summed E-state index contributed by atoms with van der Waals surface area (Å²) in [5.74, 6) is -0.200. The Morgan fingerprint density at radius 3 is 2.72 bits per heavy atom. The van der Waals surface area contributed by atoms with E-state index < -0.39 is 0 Å². The lowest BCUT2D eigenvalue weighted by Crippen LogP contribution is -2.07. The molecule has 0 aliphatic heterocycles. The number of aromatic nitrogens is 1. The first kappa shape index (κ1) is 12.3. The first-order chi connectivity index (χ1) is 8.74. The van der Waals surface area contributed by atoms with E-state index in [2.05, 4.69) is 10.3 Å². The predicted octanol–water partition coefficient (Wildman–Crippen LogP) is 3.39. The van der Waals surface area contributed by atoms with E-state index in [1.54, 1.807) is 42.7 Å². The van der Waals surface area contributed by atoms with Gasteiger partial charge in [0.25, 0.3) is 0 Å². The van der Waals surface area contributed by atoms with Crippen LogP contribution in [0.5, 0.6) is 0 Å². The van der Waals surface area contributed by atoms with Gasteiger partial charge in [-0.1, -0.05) is 17.7 Å². The lowest BCUT2D eigenvalue weighted by atomic mass is 10.2. The third-order valence-electron chi connectivity index (χ3n) is 2.23. The Bertz CT molecular complexity index is 567. The molecule has 2 rings (SSSR count). The monoisotopic (exact) mass is 258 g/mol. The van der Waals surface area contributed by atoms with Gasteiger partial charge in [0, 0.05) is 29.2 Å². The van der Waals surface area contributed by atoms with E-state index in [1.165, 1.54) is 6.08 Å². The normalized spacial score (nSPS) is 10.5. The number of hydrogen-bond acceptors (Lipinski definition) is 2. The van der Waals surface area contributed by atoms with Gasteiger partial charge < -0.3 is 5.32 Å². The summed E-state index contributed by atoms with van der Waals surface area (Å²) >= 11 is 5.82. The summed E-state index contributed by atoms with van der Waals surface area (Å²) in [6, 6.07) is 10.7. The van der Waals surface area contributed by atoms with Gasteiger partial charge in [-0.05, 0) is 42.0 Å². The average molecular weight is 259 g/mol. The number of halogens is 1. The van der Waals surface area contributed by atoms with Gasteiger partial charge in [-0.25, -0.2) is 0 Å². The fraction of sp³-hybridized carbons (Fsp3) is 0. The minimum absolute atomic E-state index is 0.200. The Labute approximate surface area is 110 Å². The molecule has 90 valence electrons. The van der Waals surface area contributed by atoms with E-state index in [4.69, 9.17) is 11.6 Å². The molecule has 0 unspecified atom stereocenters. The van der Waals surface area contributed by atoms with Gasteiger partial charge in [0.05, 0.1) is 0 Å². The van der Waals surface area contributed by atoms with Gasteiger partial charge in [0.2, 0.25) is 5.91 Å². The molecule has 0 aliphatic carbocycles. The molecule has 0 fully saturated rings.